The van der Waals surface area contributed by atoms with Crippen molar-refractivity contribution in [1.29, 1.82) is 0 Å². The van der Waals surface area contributed by atoms with E-state index in [1.807, 2.05) is 0 Å². The molecule has 1 aromatic carbocycles. The van der Waals surface area contributed by atoms with E-state index in [1.165, 1.54) is 12.3 Å². The lowest BCUT2D eigenvalue weighted by Crippen LogP contribution is -2.29. The van der Waals surface area contributed by atoms with Crippen molar-refractivity contribution in [2.75, 3.05) is 11.9 Å². The molecule has 198 valence electrons. The Morgan fingerprint density at radius 3 is 2.36 bits per heavy atom. The fraction of sp³-hybridized carbons (Fsp3) is 0.312. The molecule has 1 fully saturated rings. The van der Waals surface area contributed by atoms with Crippen molar-refractivity contribution < 1.29 is 61.1 Å². The van der Waals surface area contributed by atoms with Crippen LogP contribution in [0.15, 0.2) is 47.4 Å². The Morgan fingerprint density at radius 2 is 1.75 bits per heavy atom. The van der Waals surface area contributed by atoms with Crippen molar-refractivity contribution >= 4 is 35.2 Å². The van der Waals surface area contributed by atoms with Gasteiger partial charge < -0.3 is 34.7 Å². The van der Waals surface area contributed by atoms with Crippen molar-refractivity contribution in [3.8, 4) is 0 Å². The number of carbonyl (C=O) groups is 1. The minimum absolute atomic E-state index is 0.0483. The number of aliphatic hydroxyl groups excluding tert-OH is 1. The van der Waals surface area contributed by atoms with Crippen molar-refractivity contribution in [3.05, 3.63) is 58.6 Å². The number of aromatic nitrogens is 2. The third-order valence-corrected chi connectivity index (χ3v) is 8.24. The van der Waals surface area contributed by atoms with Crippen molar-refractivity contribution in [2.45, 2.75) is 24.9 Å². The molecule has 1 amide bonds. The molecule has 1 saturated heterocycles. The third kappa shape index (κ3) is 8.21. The summed E-state index contributed by atoms with van der Waals surface area (Å²) in [6.07, 6.45) is -2.73. The molecule has 0 saturated carbocycles. The summed E-state index contributed by atoms with van der Waals surface area (Å²) in [6, 6.07) is 9.47. The van der Waals surface area contributed by atoms with Gasteiger partial charge in [0.05, 0.1) is 12.7 Å². The predicted molar refractivity (Wildman–Crippen MR) is 117 cm³/mol. The van der Waals surface area contributed by atoms with Crippen LogP contribution in [0.2, 0.25) is 0 Å². The minimum Gasteiger partial charge on any atom is -0.390 e. The van der Waals surface area contributed by atoms with E-state index >= 15 is 0 Å². The summed E-state index contributed by atoms with van der Waals surface area (Å²) in [5.41, 5.74) is -0.517. The van der Waals surface area contributed by atoms with E-state index in [1.54, 1.807) is 30.3 Å². The number of benzene rings is 1. The Kier molecular flexibility index (Phi) is 8.78. The van der Waals surface area contributed by atoms with Crippen LogP contribution in [0.25, 0.3) is 0 Å². The lowest BCUT2D eigenvalue weighted by Gasteiger charge is -2.19. The van der Waals surface area contributed by atoms with Crippen LogP contribution in [0, 0.1) is 0 Å². The molecule has 1 aliphatic rings. The summed E-state index contributed by atoms with van der Waals surface area (Å²) in [7, 11) is -16.7. The summed E-state index contributed by atoms with van der Waals surface area (Å²) < 4.78 is 51.8. The van der Waals surface area contributed by atoms with E-state index in [0.717, 1.165) is 4.57 Å². The molecule has 1 aromatic heterocycles. The lowest BCUT2D eigenvalue weighted by atomic mass is 10.2. The molecule has 36 heavy (non-hydrogen) atoms. The van der Waals surface area contributed by atoms with Crippen LogP contribution in [-0.2, 0) is 31.6 Å². The van der Waals surface area contributed by atoms with Gasteiger partial charge in [0.15, 0.2) is 0 Å². The number of ether oxygens (including phenoxy) is 1. The van der Waals surface area contributed by atoms with Crippen molar-refractivity contribution in [3.63, 3.8) is 0 Å². The zero-order valence-corrected chi connectivity index (χ0v) is 20.5. The van der Waals surface area contributed by atoms with Crippen molar-refractivity contribution in [1.82, 2.24) is 9.55 Å². The number of carbonyl (C=O) groups excluding carboxylic acids is 1. The second-order valence-corrected chi connectivity index (χ2v) is 11.6. The van der Waals surface area contributed by atoms with Gasteiger partial charge in [-0.3, -0.25) is 13.9 Å². The summed E-state index contributed by atoms with van der Waals surface area (Å²) in [6.45, 7) is -0.894. The number of rotatable bonds is 10. The van der Waals surface area contributed by atoms with Gasteiger partial charge in [0.2, 0.25) is 0 Å². The van der Waals surface area contributed by atoms with Gasteiger partial charge in [0.1, 0.15) is 18.1 Å². The van der Waals surface area contributed by atoms with Gasteiger partial charge in [-0.1, -0.05) is 18.2 Å². The number of amides is 1. The summed E-state index contributed by atoms with van der Waals surface area (Å²) in [5.74, 6) is -0.549. The molecule has 2 heterocycles. The van der Waals surface area contributed by atoms with Crippen LogP contribution in [0.3, 0.4) is 0 Å². The normalized spacial score (nSPS) is 23.5. The predicted octanol–water partition coefficient (Wildman–Crippen LogP) is 0.487. The fourth-order valence-corrected chi connectivity index (χ4v) is 6.02. The monoisotopic (exact) mass is 571 g/mol. The molecule has 3 rings (SSSR count). The van der Waals surface area contributed by atoms with Gasteiger partial charge in [-0.05, 0) is 18.2 Å². The van der Waals surface area contributed by atoms with Gasteiger partial charge in [-0.25, -0.2) is 18.5 Å². The SMILES string of the molecule is O=C(Nc1ccn([C@H]2C[C@H](O)[C@@H](COP(=O)(O)OP(=O)(O)OP(=O)(O)O)O2)c(=O)n1)c1ccccc1. The molecule has 0 spiro atoms. The first kappa shape index (κ1) is 28.5. The molecule has 5 atom stereocenters. The zero-order chi connectivity index (χ0) is 26.7. The van der Waals surface area contributed by atoms with Crippen LogP contribution in [-0.4, -0.2) is 59.0 Å². The first-order valence-corrected chi connectivity index (χ1v) is 14.2. The largest absolute Gasteiger partial charge is 0.490 e. The van der Waals surface area contributed by atoms with Gasteiger partial charge in [0.25, 0.3) is 5.91 Å². The average molecular weight is 571 g/mol. The van der Waals surface area contributed by atoms with Crippen LogP contribution < -0.4 is 11.0 Å². The maximum Gasteiger partial charge on any atom is 0.490 e. The third-order valence-electron chi connectivity index (χ3n) is 4.44. The average Bonchev–Trinajstić information content (AvgIpc) is 3.10. The van der Waals surface area contributed by atoms with E-state index in [2.05, 4.69) is 23.4 Å². The first-order valence-electron chi connectivity index (χ1n) is 9.72. The molecule has 17 nitrogen and oxygen atoms in total. The van der Waals surface area contributed by atoms with Gasteiger partial charge in [-0.15, -0.1) is 0 Å². The molecule has 1 aliphatic heterocycles. The number of phosphoric acid groups is 3. The standard InChI is InChI=1S/C16H20N3O14P3/c20-11-8-14(31-12(11)9-30-35(26,27)33-36(28,29)32-34(23,24)25)19-7-6-13(18-16(19)22)17-15(21)10-4-2-1-3-5-10/h1-7,11-12,14,20H,8-9H2,(H,26,27)(H,28,29)(H2,23,24,25)(H,17,18,21,22)/t11-,12+,14+/m0/s1. The molecular weight excluding hydrogens is 551 g/mol. The quantitative estimate of drug-likeness (QED) is 0.212. The topological polar surface area (TPSA) is 253 Å². The second kappa shape index (κ2) is 11.1. The highest BCUT2D eigenvalue weighted by molar-refractivity contribution is 7.66. The maximum atomic E-state index is 12.4. The number of aliphatic hydroxyl groups is 1. The molecule has 2 unspecified atom stereocenters. The number of phosphoric ester groups is 1. The molecule has 0 aliphatic carbocycles. The molecule has 0 radical (unpaired) electrons. The molecular formula is C16H20N3O14P3. The first-order chi connectivity index (χ1) is 16.6. The molecule has 2 aromatic rings. The zero-order valence-electron chi connectivity index (χ0n) is 17.8. The Bertz CT molecular complexity index is 1300. The summed E-state index contributed by atoms with van der Waals surface area (Å²) in [4.78, 5) is 64.0. The smallest absolute Gasteiger partial charge is 0.390 e. The van der Waals surface area contributed by atoms with E-state index in [0.29, 0.717) is 5.56 Å². The Hall–Kier alpha value is -2.10. The van der Waals surface area contributed by atoms with Gasteiger partial charge >= 0.3 is 29.2 Å². The summed E-state index contributed by atoms with van der Waals surface area (Å²) >= 11 is 0. The highest BCUT2D eigenvalue weighted by Crippen LogP contribution is 2.66. The number of nitrogens with one attached hydrogen (secondary N) is 1. The Labute approximate surface area is 201 Å². The molecule has 6 N–H and O–H groups in total. The highest BCUT2D eigenvalue weighted by Gasteiger charge is 2.43. The van der Waals surface area contributed by atoms with E-state index in [-0.39, 0.29) is 12.2 Å². The lowest BCUT2D eigenvalue weighted by molar-refractivity contribution is -0.0449. The molecule has 0 bridgehead atoms. The second-order valence-electron chi connectivity index (χ2n) is 7.14. The van der Waals surface area contributed by atoms with Crippen molar-refractivity contribution in [2.24, 2.45) is 0 Å². The number of anilines is 1. The highest BCUT2D eigenvalue weighted by atomic mass is 31.3. The van der Waals surface area contributed by atoms with Crippen LogP contribution in [0.5, 0.6) is 0 Å². The number of hydrogen-bond donors (Lipinski definition) is 6. The van der Waals surface area contributed by atoms with E-state index < -0.39 is 60.1 Å². The minimum atomic E-state index is -5.70. The fourth-order valence-electron chi connectivity index (χ4n) is 2.99. The maximum absolute atomic E-state index is 12.4. The van der Waals surface area contributed by atoms with Gasteiger partial charge in [0, 0.05) is 18.2 Å². The Balaban J connectivity index is 1.60. The van der Waals surface area contributed by atoms with Crippen LogP contribution in [0.4, 0.5) is 5.82 Å². The van der Waals surface area contributed by atoms with Crippen LogP contribution in [0.1, 0.15) is 23.0 Å². The summed E-state index contributed by atoms with van der Waals surface area (Å²) in [5, 5.41) is 12.6. The molecule has 20 heteroatoms. The van der Waals surface area contributed by atoms with E-state index in [9.17, 15) is 33.3 Å². The van der Waals surface area contributed by atoms with Gasteiger partial charge in [-0.2, -0.15) is 13.6 Å². The Morgan fingerprint density at radius 1 is 1.08 bits per heavy atom. The van der Waals surface area contributed by atoms with E-state index in [4.69, 9.17) is 19.4 Å². The number of hydrogen-bond acceptors (Lipinski definition) is 11. The van der Waals surface area contributed by atoms with Crippen LogP contribution >= 0.6 is 23.5 Å². The number of nitrogens with zero attached hydrogens (tertiary/aromatic N) is 2.